The summed E-state index contributed by atoms with van der Waals surface area (Å²) < 4.78 is 0. The van der Waals surface area contributed by atoms with Gasteiger partial charge < -0.3 is 0 Å². The van der Waals surface area contributed by atoms with Crippen LogP contribution >= 0.6 is 0 Å². The summed E-state index contributed by atoms with van der Waals surface area (Å²) in [5, 5.41) is 0. The van der Waals surface area contributed by atoms with Crippen LogP contribution in [0.5, 0.6) is 0 Å². The first-order chi connectivity index (χ1) is 8.28. The van der Waals surface area contributed by atoms with Crippen molar-refractivity contribution in [2.24, 2.45) is 0 Å². The van der Waals surface area contributed by atoms with E-state index in [1.165, 1.54) is 0 Å². The number of hydrogen-bond acceptors (Lipinski definition) is 2. The highest BCUT2D eigenvalue weighted by Gasteiger charge is 2.34. The molecule has 0 saturated heterocycles. The second-order valence-electron chi connectivity index (χ2n) is 8.44. The van der Waals surface area contributed by atoms with E-state index in [9.17, 15) is 0 Å². The van der Waals surface area contributed by atoms with Gasteiger partial charge in [0.15, 0.2) is 0 Å². The second-order valence-corrected chi connectivity index (χ2v) is 8.44. The average Bonchev–Trinajstić information content (AvgIpc) is 2.08. The maximum absolute atomic E-state index is 2.63. The Hall–Kier alpha value is -0.0800. The predicted molar refractivity (Wildman–Crippen MR) is 87.8 cm³/mol. The van der Waals surface area contributed by atoms with Gasteiger partial charge in [-0.15, -0.1) is 0 Å². The van der Waals surface area contributed by atoms with Crippen LogP contribution in [0.25, 0.3) is 0 Å². The molecule has 0 radical (unpaired) electrons. The van der Waals surface area contributed by atoms with E-state index in [4.69, 9.17) is 0 Å². The second kappa shape index (κ2) is 6.58. The average molecular weight is 271 g/mol. The van der Waals surface area contributed by atoms with E-state index in [1.54, 1.807) is 0 Å². The summed E-state index contributed by atoms with van der Waals surface area (Å²) in [5.41, 5.74) is 0.401. The third-order valence-electron chi connectivity index (χ3n) is 3.77. The standard InChI is InChI=1S/C17H38N2/c1-13(2)19(14(3)4)15(5)12-18(16(6,7)8)17(9,10)11/h13-15H,12H2,1-11H3. The maximum atomic E-state index is 2.63. The molecule has 0 bridgehead atoms. The molecule has 19 heavy (non-hydrogen) atoms. The third-order valence-corrected chi connectivity index (χ3v) is 3.77. The Balaban J connectivity index is 5.05. The van der Waals surface area contributed by atoms with Crippen LogP contribution in [0.2, 0.25) is 0 Å². The Morgan fingerprint density at radius 3 is 1.21 bits per heavy atom. The fourth-order valence-electron chi connectivity index (χ4n) is 3.53. The molecular formula is C17H38N2. The summed E-state index contributed by atoms with van der Waals surface area (Å²) in [4.78, 5) is 5.24. The van der Waals surface area contributed by atoms with Gasteiger partial charge in [0.25, 0.3) is 0 Å². The molecule has 0 heterocycles. The summed E-state index contributed by atoms with van der Waals surface area (Å²) in [7, 11) is 0. The first-order valence-electron chi connectivity index (χ1n) is 7.83. The van der Waals surface area contributed by atoms with E-state index >= 15 is 0 Å². The third kappa shape index (κ3) is 5.83. The number of nitrogens with zero attached hydrogens (tertiary/aromatic N) is 2. The van der Waals surface area contributed by atoms with Gasteiger partial charge in [-0.2, -0.15) is 0 Å². The maximum Gasteiger partial charge on any atom is 0.0200 e. The molecular weight excluding hydrogens is 232 g/mol. The number of hydrogen-bond donors (Lipinski definition) is 0. The van der Waals surface area contributed by atoms with E-state index in [0.717, 1.165) is 6.54 Å². The molecule has 0 aliphatic heterocycles. The molecule has 0 rings (SSSR count). The van der Waals surface area contributed by atoms with Gasteiger partial charge in [0.05, 0.1) is 0 Å². The van der Waals surface area contributed by atoms with Crippen LogP contribution in [-0.2, 0) is 0 Å². The van der Waals surface area contributed by atoms with Crippen molar-refractivity contribution in [3.63, 3.8) is 0 Å². The molecule has 1 unspecified atom stereocenters. The minimum Gasteiger partial charge on any atom is -0.295 e. The highest BCUT2D eigenvalue weighted by molar-refractivity contribution is 4.90. The Labute approximate surface area is 122 Å². The fraction of sp³-hybridized carbons (Fsp3) is 1.00. The molecule has 0 aromatic rings. The van der Waals surface area contributed by atoms with E-state index in [2.05, 4.69) is 86.0 Å². The highest BCUT2D eigenvalue weighted by Crippen LogP contribution is 2.26. The van der Waals surface area contributed by atoms with Crippen molar-refractivity contribution in [3.8, 4) is 0 Å². The summed E-state index contributed by atoms with van der Waals surface area (Å²) in [6, 6.07) is 1.76. The van der Waals surface area contributed by atoms with Gasteiger partial charge >= 0.3 is 0 Å². The quantitative estimate of drug-likeness (QED) is 0.731. The first-order valence-corrected chi connectivity index (χ1v) is 7.83. The van der Waals surface area contributed by atoms with Crippen molar-refractivity contribution in [1.29, 1.82) is 0 Å². The largest absolute Gasteiger partial charge is 0.295 e. The lowest BCUT2D eigenvalue weighted by molar-refractivity contribution is -0.00189. The van der Waals surface area contributed by atoms with E-state index in [0.29, 0.717) is 18.1 Å². The summed E-state index contributed by atoms with van der Waals surface area (Å²) in [6.07, 6.45) is 0. The van der Waals surface area contributed by atoms with Crippen molar-refractivity contribution in [2.75, 3.05) is 6.54 Å². The van der Waals surface area contributed by atoms with Crippen LogP contribution in [-0.4, -0.2) is 45.5 Å². The van der Waals surface area contributed by atoms with E-state index in [1.807, 2.05) is 0 Å². The van der Waals surface area contributed by atoms with Crippen LogP contribution in [0, 0.1) is 0 Å². The fourth-order valence-corrected chi connectivity index (χ4v) is 3.53. The summed E-state index contributed by atoms with van der Waals surface area (Å²) in [6.45, 7) is 26.6. The summed E-state index contributed by atoms with van der Waals surface area (Å²) >= 11 is 0. The molecule has 2 heteroatoms. The van der Waals surface area contributed by atoms with Gasteiger partial charge in [-0.05, 0) is 76.2 Å². The minimum absolute atomic E-state index is 0.201. The van der Waals surface area contributed by atoms with E-state index in [-0.39, 0.29) is 11.1 Å². The Bertz CT molecular complexity index is 233. The van der Waals surface area contributed by atoms with Gasteiger partial charge in [-0.25, -0.2) is 0 Å². The van der Waals surface area contributed by atoms with E-state index < -0.39 is 0 Å². The van der Waals surface area contributed by atoms with Crippen LogP contribution < -0.4 is 0 Å². The van der Waals surface area contributed by atoms with Crippen LogP contribution in [0.3, 0.4) is 0 Å². The van der Waals surface area contributed by atoms with Crippen molar-refractivity contribution in [3.05, 3.63) is 0 Å². The topological polar surface area (TPSA) is 6.48 Å². The molecule has 0 spiro atoms. The molecule has 116 valence electrons. The molecule has 0 aliphatic carbocycles. The molecule has 0 amide bonds. The molecule has 0 fully saturated rings. The van der Waals surface area contributed by atoms with Gasteiger partial charge in [0.2, 0.25) is 0 Å². The van der Waals surface area contributed by atoms with Gasteiger partial charge in [0, 0.05) is 35.7 Å². The lowest BCUT2D eigenvalue weighted by Gasteiger charge is -2.49. The SMILES string of the molecule is CC(C)N(C(C)C)C(C)CN(C(C)(C)C)C(C)(C)C. The van der Waals surface area contributed by atoms with Crippen LogP contribution in [0.4, 0.5) is 0 Å². The molecule has 0 aliphatic rings. The highest BCUT2D eigenvalue weighted by atomic mass is 15.3. The molecule has 2 nitrogen and oxygen atoms in total. The monoisotopic (exact) mass is 270 g/mol. The first kappa shape index (κ1) is 18.9. The Morgan fingerprint density at radius 2 is 1.00 bits per heavy atom. The van der Waals surface area contributed by atoms with Gasteiger partial charge in [0.1, 0.15) is 0 Å². The van der Waals surface area contributed by atoms with Crippen molar-refractivity contribution in [2.45, 2.75) is 105 Å². The zero-order valence-electron chi connectivity index (χ0n) is 15.3. The zero-order valence-corrected chi connectivity index (χ0v) is 15.3. The molecule has 0 saturated carbocycles. The Kier molecular flexibility index (Phi) is 6.55. The Morgan fingerprint density at radius 1 is 0.684 bits per heavy atom. The molecule has 1 atom stereocenters. The van der Waals surface area contributed by atoms with Crippen molar-refractivity contribution in [1.82, 2.24) is 9.80 Å². The molecule has 0 aromatic carbocycles. The smallest absolute Gasteiger partial charge is 0.0200 e. The van der Waals surface area contributed by atoms with Crippen LogP contribution in [0.15, 0.2) is 0 Å². The number of rotatable bonds is 5. The van der Waals surface area contributed by atoms with Crippen LogP contribution in [0.1, 0.15) is 76.2 Å². The van der Waals surface area contributed by atoms with Gasteiger partial charge in [-0.1, -0.05) is 0 Å². The normalized spacial score (nSPS) is 15.9. The predicted octanol–water partition coefficient (Wildman–Crippen LogP) is 4.39. The van der Waals surface area contributed by atoms with Crippen molar-refractivity contribution >= 4 is 0 Å². The minimum atomic E-state index is 0.201. The summed E-state index contributed by atoms with van der Waals surface area (Å²) in [5.74, 6) is 0. The lowest BCUT2D eigenvalue weighted by atomic mass is 9.94. The van der Waals surface area contributed by atoms with Crippen molar-refractivity contribution < 1.29 is 0 Å². The molecule has 0 N–H and O–H groups in total. The van der Waals surface area contributed by atoms with Gasteiger partial charge in [-0.3, -0.25) is 9.80 Å². The molecule has 0 aromatic heterocycles. The zero-order chi connectivity index (χ0) is 15.6. The lowest BCUT2D eigenvalue weighted by Crippen LogP contribution is -2.58.